The molecule has 3 aromatic rings. The second kappa shape index (κ2) is 5.29. The van der Waals surface area contributed by atoms with Crippen molar-refractivity contribution in [3.63, 3.8) is 0 Å². The minimum absolute atomic E-state index is 0.330. The molecule has 1 aliphatic carbocycles. The maximum Gasteiger partial charge on any atom is 0.294 e. The van der Waals surface area contributed by atoms with Crippen molar-refractivity contribution in [3.05, 3.63) is 30.5 Å². The van der Waals surface area contributed by atoms with E-state index in [0.717, 1.165) is 27.2 Å². The SMILES string of the molecule is c1cc(-c2nnc(OC3[C@H]4CC5C[C@H]3CN(C5)C4)s2)c2cc[nH]c2c1. The van der Waals surface area contributed by atoms with Gasteiger partial charge in [0.2, 0.25) is 0 Å². The summed E-state index contributed by atoms with van der Waals surface area (Å²) in [6.45, 7) is 3.71. The molecule has 25 heavy (non-hydrogen) atoms. The number of nitrogens with zero attached hydrogens (tertiary/aromatic N) is 3. The molecule has 0 spiro atoms. The fourth-order valence-corrected chi connectivity index (χ4v) is 6.09. The van der Waals surface area contributed by atoms with Gasteiger partial charge < -0.3 is 14.6 Å². The number of piperidine rings is 3. The molecule has 0 unspecified atom stereocenters. The minimum atomic E-state index is 0.330. The number of fused-ring (bicyclic) bond motifs is 1. The largest absolute Gasteiger partial charge is 0.465 e. The summed E-state index contributed by atoms with van der Waals surface area (Å²) in [5.74, 6) is 2.24. The molecule has 1 saturated carbocycles. The lowest BCUT2D eigenvalue weighted by atomic mass is 9.66. The number of hydrogen-bond donors (Lipinski definition) is 1. The van der Waals surface area contributed by atoms with Gasteiger partial charge in [-0.3, -0.25) is 0 Å². The molecule has 6 heteroatoms. The highest BCUT2D eigenvalue weighted by Gasteiger charge is 2.49. The van der Waals surface area contributed by atoms with Gasteiger partial charge in [-0.2, -0.15) is 0 Å². The highest BCUT2D eigenvalue weighted by atomic mass is 32.1. The molecule has 3 aliphatic heterocycles. The van der Waals surface area contributed by atoms with Crippen LogP contribution in [-0.4, -0.2) is 45.8 Å². The Morgan fingerprint density at radius 3 is 2.80 bits per heavy atom. The lowest BCUT2D eigenvalue weighted by Crippen LogP contribution is -2.61. The van der Waals surface area contributed by atoms with Gasteiger partial charge in [0, 0.05) is 54.1 Å². The van der Waals surface area contributed by atoms with Crippen molar-refractivity contribution in [3.8, 4) is 15.8 Å². The van der Waals surface area contributed by atoms with Gasteiger partial charge in [-0.15, -0.1) is 5.10 Å². The van der Waals surface area contributed by atoms with Crippen LogP contribution in [0.5, 0.6) is 5.19 Å². The molecule has 4 fully saturated rings. The summed E-state index contributed by atoms with van der Waals surface area (Å²) in [5.41, 5.74) is 2.26. The van der Waals surface area contributed by atoms with E-state index in [2.05, 4.69) is 44.3 Å². The molecular formula is C19H20N4OS. The molecule has 5 heterocycles. The first-order valence-corrected chi connectivity index (χ1v) is 9.94. The van der Waals surface area contributed by atoms with Gasteiger partial charge in [0.25, 0.3) is 5.19 Å². The minimum Gasteiger partial charge on any atom is -0.465 e. The van der Waals surface area contributed by atoms with Crippen LogP contribution >= 0.6 is 11.3 Å². The fraction of sp³-hybridized carbons (Fsp3) is 0.474. The van der Waals surface area contributed by atoms with Crippen molar-refractivity contribution in [2.24, 2.45) is 17.8 Å². The smallest absolute Gasteiger partial charge is 0.294 e. The molecule has 2 atom stereocenters. The van der Waals surface area contributed by atoms with E-state index in [-0.39, 0.29) is 0 Å². The first kappa shape index (κ1) is 14.3. The Balaban J connectivity index is 1.28. The molecule has 128 valence electrons. The molecule has 0 radical (unpaired) electrons. The van der Waals surface area contributed by atoms with Crippen LogP contribution in [0, 0.1) is 17.8 Å². The monoisotopic (exact) mass is 352 g/mol. The van der Waals surface area contributed by atoms with E-state index in [1.54, 1.807) is 11.3 Å². The van der Waals surface area contributed by atoms with Crippen molar-refractivity contribution >= 4 is 22.2 Å². The molecule has 7 rings (SSSR count). The van der Waals surface area contributed by atoms with Crippen molar-refractivity contribution in [1.82, 2.24) is 20.1 Å². The second-order valence-corrected chi connectivity index (χ2v) is 8.72. The Morgan fingerprint density at radius 1 is 1.08 bits per heavy atom. The van der Waals surface area contributed by atoms with Crippen LogP contribution in [0.25, 0.3) is 21.5 Å². The summed E-state index contributed by atoms with van der Waals surface area (Å²) >= 11 is 1.58. The Morgan fingerprint density at radius 2 is 1.96 bits per heavy atom. The second-order valence-electron chi connectivity index (χ2n) is 7.78. The van der Waals surface area contributed by atoms with Gasteiger partial charge in [0.15, 0.2) is 5.01 Å². The third-order valence-corrected chi connectivity index (χ3v) is 7.02. The average Bonchev–Trinajstić information content (AvgIpc) is 3.26. The van der Waals surface area contributed by atoms with E-state index in [9.17, 15) is 0 Å². The first-order valence-electron chi connectivity index (χ1n) is 9.12. The van der Waals surface area contributed by atoms with Crippen molar-refractivity contribution in [2.75, 3.05) is 19.6 Å². The molecule has 4 aliphatic rings. The van der Waals surface area contributed by atoms with Crippen LogP contribution in [0.1, 0.15) is 12.8 Å². The molecule has 1 N–H and O–H groups in total. The summed E-state index contributed by atoms with van der Waals surface area (Å²) < 4.78 is 6.40. The zero-order chi connectivity index (χ0) is 16.4. The first-order chi connectivity index (χ1) is 12.3. The molecule has 5 nitrogen and oxygen atoms in total. The predicted octanol–water partition coefficient (Wildman–Crippen LogP) is 3.41. The van der Waals surface area contributed by atoms with Gasteiger partial charge in [-0.1, -0.05) is 28.6 Å². The summed E-state index contributed by atoms with van der Waals surface area (Å²) in [7, 11) is 0. The van der Waals surface area contributed by atoms with E-state index >= 15 is 0 Å². The molecular weight excluding hydrogens is 332 g/mol. The summed E-state index contributed by atoms with van der Waals surface area (Å²) in [6, 6.07) is 8.35. The number of benzene rings is 1. The molecule has 4 bridgehead atoms. The Hall–Kier alpha value is -1.92. The highest BCUT2D eigenvalue weighted by Crippen LogP contribution is 2.45. The Labute approximate surface area is 150 Å². The van der Waals surface area contributed by atoms with Gasteiger partial charge >= 0.3 is 0 Å². The summed E-state index contributed by atoms with van der Waals surface area (Å²) in [5, 5.41) is 11.6. The molecule has 2 aromatic heterocycles. The van der Waals surface area contributed by atoms with Crippen LogP contribution in [0.3, 0.4) is 0 Å². The normalized spacial score (nSPS) is 33.2. The van der Waals surface area contributed by atoms with Crippen LogP contribution < -0.4 is 4.74 Å². The van der Waals surface area contributed by atoms with Gasteiger partial charge in [-0.05, 0) is 30.9 Å². The number of nitrogens with one attached hydrogen (secondary N) is 1. The van der Waals surface area contributed by atoms with E-state index in [0.29, 0.717) is 17.9 Å². The van der Waals surface area contributed by atoms with Crippen LogP contribution in [0.4, 0.5) is 0 Å². The third kappa shape index (κ3) is 2.24. The number of hydrogen-bond acceptors (Lipinski definition) is 5. The molecule has 1 aromatic carbocycles. The van der Waals surface area contributed by atoms with Crippen LogP contribution in [0.2, 0.25) is 0 Å². The third-order valence-electron chi connectivity index (χ3n) is 6.17. The van der Waals surface area contributed by atoms with Crippen molar-refractivity contribution in [2.45, 2.75) is 18.9 Å². The zero-order valence-corrected chi connectivity index (χ0v) is 14.7. The standard InChI is InChI=1S/C19H20N4OS/c1-2-15(14-4-5-20-16(14)3-1)18-21-22-19(25-18)24-17-12-6-11-7-13(17)10-23(8-11)9-12/h1-5,11-13,17,20H,6-10H2/t11?,12-,13-,17?/m0/s1. The zero-order valence-electron chi connectivity index (χ0n) is 13.9. The highest BCUT2D eigenvalue weighted by molar-refractivity contribution is 7.16. The Bertz CT molecular complexity index is 904. The van der Waals surface area contributed by atoms with Crippen molar-refractivity contribution < 1.29 is 4.74 Å². The maximum absolute atomic E-state index is 6.40. The van der Waals surface area contributed by atoms with Crippen LogP contribution in [-0.2, 0) is 0 Å². The van der Waals surface area contributed by atoms with E-state index in [1.807, 2.05) is 6.20 Å². The quantitative estimate of drug-likeness (QED) is 0.785. The topological polar surface area (TPSA) is 54.0 Å². The summed E-state index contributed by atoms with van der Waals surface area (Å²) in [6.07, 6.45) is 4.95. The summed E-state index contributed by atoms with van der Waals surface area (Å²) in [4.78, 5) is 5.89. The molecule has 3 saturated heterocycles. The number of aromatic nitrogens is 3. The predicted molar refractivity (Wildman–Crippen MR) is 97.8 cm³/mol. The number of ether oxygens (including phenoxy) is 1. The fourth-order valence-electron chi connectivity index (χ4n) is 5.31. The molecule has 0 amide bonds. The Kier molecular flexibility index (Phi) is 3.02. The maximum atomic E-state index is 6.40. The number of rotatable bonds is 3. The number of H-pyrrole nitrogens is 1. The van der Waals surface area contributed by atoms with E-state index in [1.165, 1.54) is 37.9 Å². The van der Waals surface area contributed by atoms with Crippen LogP contribution in [0.15, 0.2) is 30.5 Å². The average molecular weight is 352 g/mol. The van der Waals surface area contributed by atoms with Crippen molar-refractivity contribution in [1.29, 1.82) is 0 Å². The van der Waals surface area contributed by atoms with Gasteiger partial charge in [0.1, 0.15) is 6.10 Å². The van der Waals surface area contributed by atoms with E-state index < -0.39 is 0 Å². The van der Waals surface area contributed by atoms with Gasteiger partial charge in [-0.25, -0.2) is 0 Å². The lowest BCUT2D eigenvalue weighted by molar-refractivity contribution is -0.0986. The lowest BCUT2D eigenvalue weighted by Gasteiger charge is -2.54. The number of aromatic amines is 1. The van der Waals surface area contributed by atoms with Gasteiger partial charge in [0.05, 0.1) is 0 Å². The van der Waals surface area contributed by atoms with E-state index in [4.69, 9.17) is 4.74 Å².